The Bertz CT molecular complexity index is 336. The molecular weight excluding hydrogens is 219 g/mol. The molecular formula is C13H19FN2O. The third-order valence-electron chi connectivity index (χ3n) is 3.35. The van der Waals surface area contributed by atoms with Crippen molar-refractivity contribution in [1.29, 1.82) is 0 Å². The summed E-state index contributed by atoms with van der Waals surface area (Å²) in [5.74, 6) is 1.43. The fraction of sp³-hybridized carbons (Fsp3) is 0.538. The van der Waals surface area contributed by atoms with Gasteiger partial charge in [0, 0.05) is 5.92 Å². The van der Waals surface area contributed by atoms with Crippen molar-refractivity contribution in [2.24, 2.45) is 17.6 Å². The van der Waals surface area contributed by atoms with E-state index < -0.39 is 0 Å². The molecule has 1 saturated heterocycles. The van der Waals surface area contributed by atoms with Crippen LogP contribution in [0.2, 0.25) is 0 Å². The van der Waals surface area contributed by atoms with Crippen LogP contribution in [-0.2, 0) is 0 Å². The summed E-state index contributed by atoms with van der Waals surface area (Å²) >= 11 is 0. The molecule has 0 saturated carbocycles. The van der Waals surface area contributed by atoms with Gasteiger partial charge >= 0.3 is 0 Å². The van der Waals surface area contributed by atoms with E-state index in [4.69, 9.17) is 10.5 Å². The molecule has 0 amide bonds. The first-order valence-corrected chi connectivity index (χ1v) is 6.08. The van der Waals surface area contributed by atoms with Gasteiger partial charge in [-0.1, -0.05) is 0 Å². The van der Waals surface area contributed by atoms with Crippen molar-refractivity contribution < 1.29 is 9.13 Å². The summed E-state index contributed by atoms with van der Waals surface area (Å²) < 4.78 is 18.4. The van der Waals surface area contributed by atoms with E-state index in [1.807, 2.05) is 0 Å². The average molecular weight is 238 g/mol. The zero-order valence-electron chi connectivity index (χ0n) is 9.86. The Morgan fingerprint density at radius 3 is 2.76 bits per heavy atom. The number of nitrogens with two attached hydrogens (primary N) is 1. The lowest BCUT2D eigenvalue weighted by Gasteiger charge is -2.21. The number of ether oxygens (including phenoxy) is 1. The fourth-order valence-corrected chi connectivity index (χ4v) is 2.21. The number of hydrogen-bond acceptors (Lipinski definition) is 3. The number of nitrogens with one attached hydrogen (secondary N) is 1. The highest BCUT2D eigenvalue weighted by Gasteiger charge is 2.24. The molecule has 1 fully saturated rings. The minimum Gasteiger partial charge on any atom is -0.493 e. The molecule has 2 atom stereocenters. The second-order valence-corrected chi connectivity index (χ2v) is 4.51. The van der Waals surface area contributed by atoms with Crippen LogP contribution in [0.1, 0.15) is 6.42 Å². The Kier molecular flexibility index (Phi) is 4.34. The summed E-state index contributed by atoms with van der Waals surface area (Å²) in [5, 5.41) is 3.33. The number of hydrogen-bond donors (Lipinski definition) is 2. The standard InChI is InChI=1S/C13H19FN2O/c14-12-1-3-13(4-2-12)17-9-11(7-15)10-5-6-16-8-10/h1-4,10-11,16H,5-9,15H2. The van der Waals surface area contributed by atoms with Gasteiger partial charge in [0.25, 0.3) is 0 Å². The first-order chi connectivity index (χ1) is 8.29. The van der Waals surface area contributed by atoms with E-state index in [0.717, 1.165) is 19.5 Å². The lowest BCUT2D eigenvalue weighted by molar-refractivity contribution is 0.206. The molecule has 1 aromatic rings. The lowest BCUT2D eigenvalue weighted by Crippen LogP contribution is -2.30. The summed E-state index contributed by atoms with van der Waals surface area (Å²) in [6.45, 7) is 3.33. The van der Waals surface area contributed by atoms with E-state index in [0.29, 0.717) is 30.7 Å². The molecule has 0 spiro atoms. The normalized spacial score (nSPS) is 21.4. The molecule has 3 N–H and O–H groups in total. The predicted molar refractivity (Wildman–Crippen MR) is 65.4 cm³/mol. The van der Waals surface area contributed by atoms with E-state index in [1.165, 1.54) is 12.1 Å². The number of rotatable bonds is 5. The van der Waals surface area contributed by atoms with Gasteiger partial charge in [0.05, 0.1) is 6.61 Å². The SMILES string of the molecule is NCC(COc1ccc(F)cc1)C1CCNC1. The van der Waals surface area contributed by atoms with Gasteiger partial charge in [-0.15, -0.1) is 0 Å². The number of benzene rings is 1. The van der Waals surface area contributed by atoms with Crippen LogP contribution in [0.5, 0.6) is 5.75 Å². The van der Waals surface area contributed by atoms with Crippen LogP contribution in [0.25, 0.3) is 0 Å². The summed E-state index contributed by atoms with van der Waals surface area (Å²) in [5.41, 5.74) is 5.77. The van der Waals surface area contributed by atoms with Crippen LogP contribution in [0.15, 0.2) is 24.3 Å². The lowest BCUT2D eigenvalue weighted by atomic mass is 9.92. The van der Waals surface area contributed by atoms with Crippen LogP contribution in [0.4, 0.5) is 4.39 Å². The largest absolute Gasteiger partial charge is 0.493 e. The molecule has 0 aromatic heterocycles. The smallest absolute Gasteiger partial charge is 0.123 e. The summed E-state index contributed by atoms with van der Waals surface area (Å²) in [6.07, 6.45) is 1.16. The molecule has 4 heteroatoms. The maximum atomic E-state index is 12.7. The van der Waals surface area contributed by atoms with Crippen molar-refractivity contribution >= 4 is 0 Å². The minimum absolute atomic E-state index is 0.243. The zero-order chi connectivity index (χ0) is 12.1. The molecule has 17 heavy (non-hydrogen) atoms. The molecule has 1 aliphatic rings. The monoisotopic (exact) mass is 238 g/mol. The molecule has 0 radical (unpaired) electrons. The van der Waals surface area contributed by atoms with Gasteiger partial charge in [0.2, 0.25) is 0 Å². The van der Waals surface area contributed by atoms with Gasteiger partial charge in [-0.05, 0) is 56.2 Å². The molecule has 1 aliphatic heterocycles. The number of halogens is 1. The van der Waals surface area contributed by atoms with Gasteiger partial charge in [0.1, 0.15) is 11.6 Å². The Morgan fingerprint density at radius 2 is 2.18 bits per heavy atom. The molecule has 94 valence electrons. The van der Waals surface area contributed by atoms with Crippen molar-refractivity contribution in [3.05, 3.63) is 30.1 Å². The minimum atomic E-state index is -0.243. The second kappa shape index (κ2) is 5.98. The fourth-order valence-electron chi connectivity index (χ4n) is 2.21. The van der Waals surface area contributed by atoms with Gasteiger partial charge in [-0.2, -0.15) is 0 Å². The Balaban J connectivity index is 1.84. The van der Waals surface area contributed by atoms with Crippen molar-refractivity contribution in [2.75, 3.05) is 26.2 Å². The third-order valence-corrected chi connectivity index (χ3v) is 3.35. The van der Waals surface area contributed by atoms with Crippen LogP contribution in [0, 0.1) is 17.7 Å². The molecule has 2 rings (SSSR count). The second-order valence-electron chi connectivity index (χ2n) is 4.51. The Labute approximate surface area is 101 Å². The molecule has 1 heterocycles. The van der Waals surface area contributed by atoms with E-state index in [-0.39, 0.29) is 5.82 Å². The summed E-state index contributed by atoms with van der Waals surface area (Å²) in [7, 11) is 0. The van der Waals surface area contributed by atoms with Crippen LogP contribution < -0.4 is 15.8 Å². The quantitative estimate of drug-likeness (QED) is 0.815. The van der Waals surface area contributed by atoms with Crippen LogP contribution in [0.3, 0.4) is 0 Å². The molecule has 0 bridgehead atoms. The Morgan fingerprint density at radius 1 is 1.41 bits per heavy atom. The van der Waals surface area contributed by atoms with E-state index in [9.17, 15) is 4.39 Å². The highest BCUT2D eigenvalue weighted by molar-refractivity contribution is 5.22. The molecule has 2 unspecified atom stereocenters. The zero-order valence-corrected chi connectivity index (χ0v) is 9.86. The topological polar surface area (TPSA) is 47.3 Å². The Hall–Kier alpha value is -1.13. The van der Waals surface area contributed by atoms with Crippen molar-refractivity contribution in [3.63, 3.8) is 0 Å². The van der Waals surface area contributed by atoms with Gasteiger partial charge in [-0.3, -0.25) is 0 Å². The molecule has 0 aliphatic carbocycles. The van der Waals surface area contributed by atoms with Gasteiger partial charge in [-0.25, -0.2) is 4.39 Å². The summed E-state index contributed by atoms with van der Waals surface area (Å²) in [6, 6.07) is 6.11. The maximum absolute atomic E-state index is 12.7. The van der Waals surface area contributed by atoms with E-state index in [2.05, 4.69) is 5.32 Å². The third kappa shape index (κ3) is 3.41. The molecule has 1 aromatic carbocycles. The van der Waals surface area contributed by atoms with Crippen LogP contribution in [-0.4, -0.2) is 26.2 Å². The maximum Gasteiger partial charge on any atom is 0.123 e. The van der Waals surface area contributed by atoms with Crippen molar-refractivity contribution in [3.8, 4) is 5.75 Å². The molecule has 3 nitrogen and oxygen atoms in total. The summed E-state index contributed by atoms with van der Waals surface area (Å²) in [4.78, 5) is 0. The van der Waals surface area contributed by atoms with Gasteiger partial charge in [0.15, 0.2) is 0 Å². The predicted octanol–water partition coefficient (Wildman–Crippen LogP) is 1.39. The van der Waals surface area contributed by atoms with Crippen LogP contribution >= 0.6 is 0 Å². The van der Waals surface area contributed by atoms with E-state index in [1.54, 1.807) is 12.1 Å². The van der Waals surface area contributed by atoms with E-state index >= 15 is 0 Å². The highest BCUT2D eigenvalue weighted by Crippen LogP contribution is 2.20. The first-order valence-electron chi connectivity index (χ1n) is 6.08. The van der Waals surface area contributed by atoms with Crippen molar-refractivity contribution in [2.45, 2.75) is 6.42 Å². The first kappa shape index (κ1) is 12.3. The average Bonchev–Trinajstić information content (AvgIpc) is 2.86. The van der Waals surface area contributed by atoms with Crippen molar-refractivity contribution in [1.82, 2.24) is 5.32 Å². The van der Waals surface area contributed by atoms with Gasteiger partial charge < -0.3 is 15.8 Å². The highest BCUT2D eigenvalue weighted by atomic mass is 19.1.